The molecule has 2 rings (SSSR count). The fraction of sp³-hybridized carbons (Fsp3) is 0.600. The quantitative estimate of drug-likeness (QED) is 0.753. The van der Waals surface area contributed by atoms with Gasteiger partial charge in [-0.1, -0.05) is 6.92 Å². The number of rotatable bonds is 8. The van der Waals surface area contributed by atoms with E-state index >= 15 is 0 Å². The second-order valence-electron chi connectivity index (χ2n) is 5.30. The van der Waals surface area contributed by atoms with Crippen LogP contribution >= 0.6 is 0 Å². The molecule has 0 radical (unpaired) electrons. The van der Waals surface area contributed by atoms with E-state index < -0.39 is 0 Å². The van der Waals surface area contributed by atoms with Crippen molar-refractivity contribution >= 4 is 5.91 Å². The zero-order chi connectivity index (χ0) is 14.4. The summed E-state index contributed by atoms with van der Waals surface area (Å²) in [6, 6.07) is 4.37. The van der Waals surface area contributed by atoms with Crippen molar-refractivity contribution in [3.63, 3.8) is 0 Å². The summed E-state index contributed by atoms with van der Waals surface area (Å²) in [5.74, 6) is 0.754. The van der Waals surface area contributed by atoms with Crippen molar-refractivity contribution in [2.45, 2.75) is 51.1 Å². The number of nitrogens with two attached hydrogens (primary N) is 1. The van der Waals surface area contributed by atoms with Crippen LogP contribution in [0.15, 0.2) is 18.3 Å². The van der Waals surface area contributed by atoms with E-state index in [9.17, 15) is 4.79 Å². The van der Waals surface area contributed by atoms with E-state index in [1.54, 1.807) is 6.20 Å². The topological polar surface area (TPSA) is 77.2 Å². The van der Waals surface area contributed by atoms with Crippen LogP contribution < -0.4 is 15.8 Å². The van der Waals surface area contributed by atoms with Crippen LogP contribution in [0.5, 0.6) is 5.75 Å². The van der Waals surface area contributed by atoms with Gasteiger partial charge < -0.3 is 15.8 Å². The summed E-state index contributed by atoms with van der Waals surface area (Å²) < 4.78 is 5.51. The lowest BCUT2D eigenvalue weighted by atomic mass is 10.1. The molecule has 1 saturated carbocycles. The third-order valence-corrected chi connectivity index (χ3v) is 3.33. The van der Waals surface area contributed by atoms with E-state index in [0.29, 0.717) is 24.8 Å². The molecule has 1 aromatic rings. The molecule has 1 aliphatic carbocycles. The maximum Gasteiger partial charge on any atom is 0.223 e. The predicted molar refractivity (Wildman–Crippen MR) is 77.5 cm³/mol. The first-order valence-electron chi connectivity index (χ1n) is 7.30. The molecule has 1 aliphatic rings. The minimum absolute atomic E-state index is 0.0611. The lowest BCUT2D eigenvalue weighted by Gasteiger charge is -2.09. The smallest absolute Gasteiger partial charge is 0.223 e. The van der Waals surface area contributed by atoms with Gasteiger partial charge in [0.25, 0.3) is 0 Å². The number of pyridine rings is 1. The normalized spacial score (nSPS) is 15.7. The Labute approximate surface area is 119 Å². The number of carbonyl (C=O) groups excluding carboxylic acids is 1. The lowest BCUT2D eigenvalue weighted by molar-refractivity contribution is -0.121. The van der Waals surface area contributed by atoms with Crippen LogP contribution in [0.2, 0.25) is 0 Å². The van der Waals surface area contributed by atoms with Gasteiger partial charge in [0, 0.05) is 24.2 Å². The summed E-state index contributed by atoms with van der Waals surface area (Å²) in [4.78, 5) is 15.8. The number of amides is 1. The molecule has 0 spiro atoms. The zero-order valence-corrected chi connectivity index (χ0v) is 12.0. The van der Waals surface area contributed by atoms with Crippen molar-refractivity contribution in [2.24, 2.45) is 5.73 Å². The summed E-state index contributed by atoms with van der Waals surface area (Å²) >= 11 is 0. The Kier molecular flexibility index (Phi) is 5.35. The highest BCUT2D eigenvalue weighted by molar-refractivity contribution is 5.76. The van der Waals surface area contributed by atoms with Gasteiger partial charge in [0.15, 0.2) is 0 Å². The SMILES string of the molecule is CCC(N)Cc1ccc(OCCC(=O)NC2CC2)cn1. The monoisotopic (exact) mass is 277 g/mol. The largest absolute Gasteiger partial charge is 0.491 e. The van der Waals surface area contributed by atoms with Crippen LogP contribution in [-0.2, 0) is 11.2 Å². The molecular weight excluding hydrogens is 254 g/mol. The Morgan fingerprint density at radius 3 is 2.95 bits per heavy atom. The van der Waals surface area contributed by atoms with Crippen LogP contribution in [0.3, 0.4) is 0 Å². The van der Waals surface area contributed by atoms with Crippen molar-refractivity contribution in [1.29, 1.82) is 0 Å². The van der Waals surface area contributed by atoms with Gasteiger partial charge in [-0.3, -0.25) is 9.78 Å². The van der Waals surface area contributed by atoms with Crippen LogP contribution in [-0.4, -0.2) is 29.6 Å². The fourth-order valence-corrected chi connectivity index (χ4v) is 1.82. The van der Waals surface area contributed by atoms with Gasteiger partial charge in [-0.05, 0) is 31.4 Å². The minimum atomic E-state index is 0.0611. The average molecular weight is 277 g/mol. The van der Waals surface area contributed by atoms with Crippen molar-refractivity contribution in [1.82, 2.24) is 10.3 Å². The number of hydrogen-bond acceptors (Lipinski definition) is 4. The maximum atomic E-state index is 11.5. The molecule has 1 unspecified atom stereocenters. The van der Waals surface area contributed by atoms with Crippen molar-refractivity contribution in [3.05, 3.63) is 24.0 Å². The van der Waals surface area contributed by atoms with E-state index in [2.05, 4.69) is 17.2 Å². The van der Waals surface area contributed by atoms with E-state index in [1.165, 1.54) is 0 Å². The second-order valence-corrected chi connectivity index (χ2v) is 5.30. The molecule has 0 bridgehead atoms. The van der Waals surface area contributed by atoms with Gasteiger partial charge >= 0.3 is 0 Å². The minimum Gasteiger partial charge on any atom is -0.491 e. The standard InChI is InChI=1S/C15H23N3O2/c1-2-11(16)9-13-5-6-14(10-17-13)20-8-7-15(19)18-12-3-4-12/h5-6,10-12H,2-4,7-9,16H2,1H3,(H,18,19). The molecule has 20 heavy (non-hydrogen) atoms. The Bertz CT molecular complexity index is 429. The van der Waals surface area contributed by atoms with Crippen LogP contribution in [0.1, 0.15) is 38.3 Å². The highest BCUT2D eigenvalue weighted by atomic mass is 16.5. The van der Waals surface area contributed by atoms with E-state index in [-0.39, 0.29) is 11.9 Å². The molecule has 5 nitrogen and oxygen atoms in total. The molecule has 1 fully saturated rings. The van der Waals surface area contributed by atoms with Gasteiger partial charge in [-0.25, -0.2) is 0 Å². The Balaban J connectivity index is 1.68. The molecule has 1 atom stereocenters. The number of aromatic nitrogens is 1. The summed E-state index contributed by atoms with van der Waals surface area (Å²) in [7, 11) is 0. The summed E-state index contributed by atoms with van der Waals surface area (Å²) in [6.07, 6.45) is 6.02. The third-order valence-electron chi connectivity index (χ3n) is 3.33. The van der Waals surface area contributed by atoms with Crippen molar-refractivity contribution < 1.29 is 9.53 Å². The third kappa shape index (κ3) is 5.17. The van der Waals surface area contributed by atoms with Crippen molar-refractivity contribution in [2.75, 3.05) is 6.61 Å². The Hall–Kier alpha value is -1.62. The van der Waals surface area contributed by atoms with Gasteiger partial charge in [0.05, 0.1) is 19.2 Å². The summed E-state index contributed by atoms with van der Waals surface area (Å²) in [5.41, 5.74) is 6.86. The lowest BCUT2D eigenvalue weighted by Crippen LogP contribution is -2.26. The molecular formula is C15H23N3O2. The van der Waals surface area contributed by atoms with Crippen LogP contribution in [0, 0.1) is 0 Å². The highest BCUT2D eigenvalue weighted by Gasteiger charge is 2.22. The Morgan fingerprint density at radius 1 is 1.55 bits per heavy atom. The molecule has 0 saturated heterocycles. The van der Waals surface area contributed by atoms with Gasteiger partial charge in [-0.2, -0.15) is 0 Å². The van der Waals surface area contributed by atoms with Crippen LogP contribution in [0.4, 0.5) is 0 Å². The van der Waals surface area contributed by atoms with E-state index in [0.717, 1.165) is 31.4 Å². The van der Waals surface area contributed by atoms with Gasteiger partial charge in [0.1, 0.15) is 5.75 Å². The molecule has 110 valence electrons. The summed E-state index contributed by atoms with van der Waals surface area (Å²) in [5, 5.41) is 2.93. The van der Waals surface area contributed by atoms with Crippen LogP contribution in [0.25, 0.3) is 0 Å². The zero-order valence-electron chi connectivity index (χ0n) is 12.0. The molecule has 1 amide bonds. The molecule has 1 heterocycles. The fourth-order valence-electron chi connectivity index (χ4n) is 1.82. The first-order valence-corrected chi connectivity index (χ1v) is 7.30. The first kappa shape index (κ1) is 14.8. The summed E-state index contributed by atoms with van der Waals surface area (Å²) in [6.45, 7) is 2.45. The second kappa shape index (κ2) is 7.24. The predicted octanol–water partition coefficient (Wildman–Crippen LogP) is 1.41. The van der Waals surface area contributed by atoms with Crippen molar-refractivity contribution in [3.8, 4) is 5.75 Å². The molecule has 0 aliphatic heterocycles. The molecule has 3 N–H and O–H groups in total. The van der Waals surface area contributed by atoms with Gasteiger partial charge in [0.2, 0.25) is 5.91 Å². The number of ether oxygens (including phenoxy) is 1. The molecule has 0 aromatic carbocycles. The highest BCUT2D eigenvalue weighted by Crippen LogP contribution is 2.18. The molecule has 1 aromatic heterocycles. The number of hydrogen-bond donors (Lipinski definition) is 2. The number of nitrogens with one attached hydrogen (secondary N) is 1. The average Bonchev–Trinajstić information content (AvgIpc) is 3.24. The van der Waals surface area contributed by atoms with E-state index in [4.69, 9.17) is 10.5 Å². The first-order chi connectivity index (χ1) is 9.67. The number of carbonyl (C=O) groups is 1. The van der Waals surface area contributed by atoms with E-state index in [1.807, 2.05) is 12.1 Å². The number of nitrogens with zero attached hydrogens (tertiary/aromatic N) is 1. The van der Waals surface area contributed by atoms with Gasteiger partial charge in [-0.15, -0.1) is 0 Å². The Morgan fingerprint density at radius 2 is 2.35 bits per heavy atom. The maximum absolute atomic E-state index is 11.5. The molecule has 5 heteroatoms.